The zero-order valence-corrected chi connectivity index (χ0v) is 22.5. The number of hydrogen-bond donors (Lipinski definition) is 0. The Labute approximate surface area is 223 Å². The SMILES string of the molecule is CCN1C(=O)C(C#N)=C(C)/C(=C\c2cn(-c3ccccc3)nc2-c2ccc(OCCC(C)C)c(C)c2)C1=O. The van der Waals surface area contributed by atoms with E-state index >= 15 is 0 Å². The number of imide groups is 1. The van der Waals surface area contributed by atoms with E-state index in [9.17, 15) is 14.9 Å². The quantitative estimate of drug-likeness (QED) is 0.280. The van der Waals surface area contributed by atoms with Crippen LogP contribution in [0.3, 0.4) is 0 Å². The fraction of sp³-hybridized carbons (Fsp3) is 0.290. The molecule has 2 amide bonds. The van der Waals surface area contributed by atoms with Crippen molar-refractivity contribution in [2.75, 3.05) is 13.2 Å². The minimum Gasteiger partial charge on any atom is -0.493 e. The monoisotopic (exact) mass is 508 g/mol. The summed E-state index contributed by atoms with van der Waals surface area (Å²) in [5, 5.41) is 14.5. The molecule has 0 bridgehead atoms. The Bertz CT molecular complexity index is 1470. The number of rotatable bonds is 8. The Hall–Kier alpha value is -4.44. The van der Waals surface area contributed by atoms with E-state index in [0.717, 1.165) is 33.9 Å². The Morgan fingerprint density at radius 3 is 2.45 bits per heavy atom. The summed E-state index contributed by atoms with van der Waals surface area (Å²) < 4.78 is 7.76. The van der Waals surface area contributed by atoms with Gasteiger partial charge >= 0.3 is 0 Å². The number of carbonyl (C=O) groups is 2. The van der Waals surface area contributed by atoms with E-state index in [1.54, 1.807) is 24.6 Å². The second kappa shape index (κ2) is 11.3. The molecule has 194 valence electrons. The number of carbonyl (C=O) groups excluding carboxylic acids is 2. The summed E-state index contributed by atoms with van der Waals surface area (Å²) in [6.07, 6.45) is 4.57. The van der Waals surface area contributed by atoms with Crippen molar-refractivity contribution in [3.05, 3.63) is 82.6 Å². The topological polar surface area (TPSA) is 88.2 Å². The van der Waals surface area contributed by atoms with Crippen LogP contribution in [0.1, 0.15) is 45.2 Å². The van der Waals surface area contributed by atoms with Gasteiger partial charge in [0.2, 0.25) is 0 Å². The van der Waals surface area contributed by atoms with E-state index < -0.39 is 11.8 Å². The second-order valence-electron chi connectivity index (χ2n) is 9.75. The van der Waals surface area contributed by atoms with E-state index in [1.165, 1.54) is 0 Å². The fourth-order valence-electron chi connectivity index (χ4n) is 4.37. The summed E-state index contributed by atoms with van der Waals surface area (Å²) in [5.74, 6) is 0.414. The molecule has 2 aromatic carbocycles. The summed E-state index contributed by atoms with van der Waals surface area (Å²) in [6, 6.07) is 17.6. The normalized spacial score (nSPS) is 15.0. The summed E-state index contributed by atoms with van der Waals surface area (Å²) in [5.41, 5.74) is 4.76. The summed E-state index contributed by atoms with van der Waals surface area (Å²) in [4.78, 5) is 27.0. The lowest BCUT2D eigenvalue weighted by Crippen LogP contribution is -2.42. The highest BCUT2D eigenvalue weighted by atomic mass is 16.5. The standard InChI is InChI=1S/C31H32N4O3/c1-6-34-30(36)26(22(5)27(18-32)31(34)37)17-24-19-35(25-10-8-7-9-11-25)33-29(24)23-12-13-28(21(4)16-23)38-15-14-20(2)3/h7-13,16-17,19-20H,6,14-15H2,1-5H3/b26-17+. The van der Waals surface area contributed by atoms with Crippen LogP contribution in [0.2, 0.25) is 0 Å². The second-order valence-corrected chi connectivity index (χ2v) is 9.75. The van der Waals surface area contributed by atoms with Gasteiger partial charge in [0.1, 0.15) is 17.4 Å². The van der Waals surface area contributed by atoms with Crippen LogP contribution in [0, 0.1) is 24.2 Å². The minimum atomic E-state index is -0.557. The van der Waals surface area contributed by atoms with Crippen LogP contribution in [-0.4, -0.2) is 39.6 Å². The lowest BCUT2D eigenvalue weighted by Gasteiger charge is -2.26. The van der Waals surface area contributed by atoms with Crippen molar-refractivity contribution >= 4 is 17.9 Å². The number of nitrogens with zero attached hydrogens (tertiary/aromatic N) is 4. The predicted octanol–water partition coefficient (Wildman–Crippen LogP) is 5.88. The van der Waals surface area contributed by atoms with Crippen molar-refractivity contribution < 1.29 is 14.3 Å². The van der Waals surface area contributed by atoms with E-state index in [1.807, 2.05) is 67.7 Å². The largest absolute Gasteiger partial charge is 0.493 e. The maximum absolute atomic E-state index is 13.3. The van der Waals surface area contributed by atoms with E-state index in [0.29, 0.717) is 34.9 Å². The average Bonchev–Trinajstić information content (AvgIpc) is 3.32. The summed E-state index contributed by atoms with van der Waals surface area (Å²) in [7, 11) is 0. The molecule has 0 saturated heterocycles. The maximum atomic E-state index is 13.3. The van der Waals surface area contributed by atoms with Crippen LogP contribution in [0.15, 0.2) is 71.4 Å². The number of amides is 2. The summed E-state index contributed by atoms with van der Waals surface area (Å²) >= 11 is 0. The molecule has 7 nitrogen and oxygen atoms in total. The van der Waals surface area contributed by atoms with Gasteiger partial charge in [-0.05, 0) is 80.7 Å². The van der Waals surface area contributed by atoms with Gasteiger partial charge in [0.05, 0.1) is 18.0 Å². The Balaban J connectivity index is 1.83. The zero-order chi connectivity index (χ0) is 27.4. The van der Waals surface area contributed by atoms with Gasteiger partial charge in [0.25, 0.3) is 11.8 Å². The molecule has 0 spiro atoms. The molecule has 1 aromatic heterocycles. The number of ether oxygens (including phenoxy) is 1. The lowest BCUT2D eigenvalue weighted by atomic mass is 9.93. The van der Waals surface area contributed by atoms with Crippen LogP contribution in [-0.2, 0) is 9.59 Å². The first-order valence-electron chi connectivity index (χ1n) is 12.8. The van der Waals surface area contributed by atoms with Gasteiger partial charge in [0, 0.05) is 29.4 Å². The average molecular weight is 509 g/mol. The molecule has 38 heavy (non-hydrogen) atoms. The van der Waals surface area contributed by atoms with Gasteiger partial charge in [-0.15, -0.1) is 0 Å². The van der Waals surface area contributed by atoms with Crippen molar-refractivity contribution in [1.29, 1.82) is 5.26 Å². The lowest BCUT2D eigenvalue weighted by molar-refractivity contribution is -0.140. The maximum Gasteiger partial charge on any atom is 0.271 e. The number of para-hydroxylation sites is 1. The molecule has 0 unspecified atom stereocenters. The smallest absolute Gasteiger partial charge is 0.271 e. The third-order valence-corrected chi connectivity index (χ3v) is 6.61. The van der Waals surface area contributed by atoms with Crippen molar-refractivity contribution in [2.24, 2.45) is 5.92 Å². The molecule has 7 heteroatoms. The third-order valence-electron chi connectivity index (χ3n) is 6.61. The fourth-order valence-corrected chi connectivity index (χ4v) is 4.37. The number of nitriles is 1. The third kappa shape index (κ3) is 5.30. The van der Waals surface area contributed by atoms with Crippen molar-refractivity contribution in [3.8, 4) is 28.8 Å². The molecule has 3 aromatic rings. The number of hydrogen-bond acceptors (Lipinski definition) is 5. The molecule has 0 radical (unpaired) electrons. The van der Waals surface area contributed by atoms with Gasteiger partial charge in [-0.3, -0.25) is 14.5 Å². The highest BCUT2D eigenvalue weighted by Crippen LogP contribution is 2.33. The first-order chi connectivity index (χ1) is 18.2. The van der Waals surface area contributed by atoms with Crippen LogP contribution < -0.4 is 4.74 Å². The molecule has 0 aliphatic carbocycles. The van der Waals surface area contributed by atoms with Crippen molar-refractivity contribution in [2.45, 2.75) is 41.0 Å². The molecule has 4 rings (SSSR count). The Morgan fingerprint density at radius 2 is 1.82 bits per heavy atom. The molecule has 0 atom stereocenters. The Kier molecular flexibility index (Phi) is 7.92. The van der Waals surface area contributed by atoms with Gasteiger partial charge in [0.15, 0.2) is 0 Å². The van der Waals surface area contributed by atoms with E-state index in [2.05, 4.69) is 13.8 Å². The minimum absolute atomic E-state index is 0.0200. The van der Waals surface area contributed by atoms with Crippen LogP contribution in [0.25, 0.3) is 23.0 Å². The van der Waals surface area contributed by atoms with Gasteiger partial charge in [-0.2, -0.15) is 10.4 Å². The molecular weight excluding hydrogens is 476 g/mol. The molecule has 0 fully saturated rings. The van der Waals surface area contributed by atoms with Crippen LogP contribution in [0.5, 0.6) is 5.75 Å². The van der Waals surface area contributed by atoms with Gasteiger partial charge < -0.3 is 4.74 Å². The Morgan fingerprint density at radius 1 is 1.08 bits per heavy atom. The molecule has 1 aliphatic rings. The number of likely N-dealkylation sites (N-methyl/N-ethyl adjacent to an activating group) is 1. The van der Waals surface area contributed by atoms with Crippen LogP contribution in [0.4, 0.5) is 0 Å². The van der Waals surface area contributed by atoms with E-state index in [-0.39, 0.29) is 12.1 Å². The molecule has 0 N–H and O–H groups in total. The van der Waals surface area contributed by atoms with Gasteiger partial charge in [-0.1, -0.05) is 32.0 Å². The van der Waals surface area contributed by atoms with Crippen molar-refractivity contribution in [1.82, 2.24) is 14.7 Å². The first-order valence-corrected chi connectivity index (χ1v) is 12.8. The molecule has 1 aliphatic heterocycles. The van der Waals surface area contributed by atoms with Crippen LogP contribution >= 0.6 is 0 Å². The van der Waals surface area contributed by atoms with Crippen molar-refractivity contribution in [3.63, 3.8) is 0 Å². The first kappa shape index (κ1) is 26.6. The zero-order valence-electron chi connectivity index (χ0n) is 22.5. The molecular formula is C31H32N4O3. The number of aryl methyl sites for hydroxylation is 1. The van der Waals surface area contributed by atoms with Gasteiger partial charge in [-0.25, -0.2) is 4.68 Å². The highest BCUT2D eigenvalue weighted by Gasteiger charge is 2.34. The number of benzene rings is 2. The molecule has 2 heterocycles. The van der Waals surface area contributed by atoms with E-state index in [4.69, 9.17) is 9.84 Å². The number of aromatic nitrogens is 2. The highest BCUT2D eigenvalue weighted by molar-refractivity contribution is 6.19. The molecule has 0 saturated carbocycles. The predicted molar refractivity (Wildman–Crippen MR) is 147 cm³/mol. The summed E-state index contributed by atoms with van der Waals surface area (Å²) in [6.45, 7) is 10.5.